The molecule has 29 heavy (non-hydrogen) atoms. The van der Waals surface area contributed by atoms with Crippen LogP contribution in [0.4, 0.5) is 5.82 Å². The van der Waals surface area contributed by atoms with Crippen LogP contribution in [0.3, 0.4) is 0 Å². The van der Waals surface area contributed by atoms with Crippen LogP contribution in [0.5, 0.6) is 0 Å². The highest BCUT2D eigenvalue weighted by atomic mass is 35.5. The lowest BCUT2D eigenvalue weighted by molar-refractivity contribution is -0.137. The van der Waals surface area contributed by atoms with E-state index in [2.05, 4.69) is 30.6 Å². The van der Waals surface area contributed by atoms with Crippen molar-refractivity contribution >= 4 is 34.5 Å². The largest absolute Gasteiger partial charge is 0.387 e. The van der Waals surface area contributed by atoms with Crippen molar-refractivity contribution in [1.82, 2.24) is 29.8 Å². The highest BCUT2D eigenvalue weighted by Gasteiger charge is 2.47. The maximum atomic E-state index is 11.9. The third kappa shape index (κ3) is 3.27. The highest BCUT2D eigenvalue weighted by Crippen LogP contribution is 2.33. The van der Waals surface area contributed by atoms with Gasteiger partial charge in [-0.15, -0.1) is 0 Å². The molecule has 0 spiro atoms. The third-order valence-electron chi connectivity index (χ3n) is 4.64. The molecule has 1 aliphatic rings. The predicted molar refractivity (Wildman–Crippen MR) is 103 cm³/mol. The van der Waals surface area contributed by atoms with Gasteiger partial charge in [0.05, 0.1) is 11.3 Å². The van der Waals surface area contributed by atoms with Gasteiger partial charge >= 0.3 is 0 Å². The van der Waals surface area contributed by atoms with Crippen LogP contribution in [-0.4, -0.2) is 73.0 Å². The lowest BCUT2D eigenvalue weighted by Gasteiger charge is -2.17. The number of aliphatic hydroxyl groups excluding tert-OH is 2. The Labute approximate surface area is 169 Å². The van der Waals surface area contributed by atoms with Gasteiger partial charge in [0.2, 0.25) is 0 Å². The number of halogens is 1. The number of carbonyl (C=O) groups is 1. The summed E-state index contributed by atoms with van der Waals surface area (Å²) in [6, 6.07) is 1.67. The lowest BCUT2D eigenvalue weighted by atomic mass is 10.1. The molecule has 1 fully saturated rings. The molecular formula is C17H18ClN7O4. The minimum Gasteiger partial charge on any atom is -0.387 e. The molecular weight excluding hydrogens is 402 g/mol. The van der Waals surface area contributed by atoms with E-state index in [0.29, 0.717) is 33.4 Å². The Morgan fingerprint density at radius 2 is 2.03 bits per heavy atom. The topological polar surface area (TPSA) is 147 Å². The highest BCUT2D eigenvalue weighted by molar-refractivity contribution is 6.30. The maximum absolute atomic E-state index is 11.9. The summed E-state index contributed by atoms with van der Waals surface area (Å²) in [7, 11) is 3.11. The van der Waals surface area contributed by atoms with E-state index >= 15 is 0 Å². The number of aromatic nitrogens is 5. The van der Waals surface area contributed by atoms with E-state index in [4.69, 9.17) is 16.3 Å². The summed E-state index contributed by atoms with van der Waals surface area (Å²) in [5.74, 6) is 0.230. The number of anilines is 1. The molecule has 1 amide bonds. The third-order valence-corrected chi connectivity index (χ3v) is 4.85. The maximum Gasteiger partial charge on any atom is 0.251 e. The average Bonchev–Trinajstić information content (AvgIpc) is 3.28. The summed E-state index contributed by atoms with van der Waals surface area (Å²) in [5.41, 5.74) is 1.35. The number of nitrogens with zero attached hydrogens (tertiary/aromatic N) is 5. The van der Waals surface area contributed by atoms with Crippen LogP contribution in [0, 0.1) is 0 Å². The number of hydrogen-bond donors (Lipinski definition) is 4. The average molecular weight is 420 g/mol. The van der Waals surface area contributed by atoms with Gasteiger partial charge in [-0.2, -0.15) is 0 Å². The first-order chi connectivity index (χ1) is 13.9. The Morgan fingerprint density at radius 1 is 1.24 bits per heavy atom. The first-order valence-corrected chi connectivity index (χ1v) is 9.08. The van der Waals surface area contributed by atoms with Gasteiger partial charge in [0.1, 0.15) is 12.2 Å². The molecule has 4 unspecified atom stereocenters. The van der Waals surface area contributed by atoms with Gasteiger partial charge in [-0.25, -0.2) is 15.0 Å². The van der Waals surface area contributed by atoms with Gasteiger partial charge in [0, 0.05) is 32.1 Å². The fraction of sp³-hybridized carbons (Fsp3) is 0.353. The molecule has 4 rings (SSSR count). The van der Waals surface area contributed by atoms with Gasteiger partial charge in [-0.05, 0) is 6.07 Å². The molecule has 4 atom stereocenters. The van der Waals surface area contributed by atoms with Crippen molar-refractivity contribution in [1.29, 1.82) is 0 Å². The van der Waals surface area contributed by atoms with Gasteiger partial charge in [0.25, 0.3) is 5.91 Å². The molecule has 0 bridgehead atoms. The van der Waals surface area contributed by atoms with Crippen molar-refractivity contribution in [3.63, 3.8) is 0 Å². The summed E-state index contributed by atoms with van der Waals surface area (Å²) in [5, 5.41) is 26.5. The van der Waals surface area contributed by atoms with Crippen LogP contribution in [0.1, 0.15) is 6.23 Å². The van der Waals surface area contributed by atoms with Crippen molar-refractivity contribution in [3.8, 4) is 11.4 Å². The summed E-state index contributed by atoms with van der Waals surface area (Å²) in [6.07, 6.45) is -0.581. The molecule has 3 aromatic rings. The number of ether oxygens (including phenoxy) is 1. The van der Waals surface area contributed by atoms with E-state index < -0.39 is 30.4 Å². The lowest BCUT2D eigenvalue weighted by Crippen LogP contribution is -2.41. The van der Waals surface area contributed by atoms with Crippen LogP contribution < -0.4 is 10.6 Å². The second-order valence-corrected chi connectivity index (χ2v) is 6.84. The second-order valence-electron chi connectivity index (χ2n) is 6.40. The predicted octanol–water partition coefficient (Wildman–Crippen LogP) is -0.0514. The molecule has 0 saturated carbocycles. The fourth-order valence-corrected chi connectivity index (χ4v) is 3.36. The minimum absolute atomic E-state index is 0.328. The molecule has 0 aliphatic carbocycles. The van der Waals surface area contributed by atoms with Crippen molar-refractivity contribution in [2.75, 3.05) is 19.4 Å². The number of rotatable bonds is 4. The van der Waals surface area contributed by atoms with E-state index in [1.807, 2.05) is 0 Å². The van der Waals surface area contributed by atoms with E-state index in [1.165, 1.54) is 24.1 Å². The second kappa shape index (κ2) is 7.52. The van der Waals surface area contributed by atoms with Crippen molar-refractivity contribution in [2.45, 2.75) is 24.5 Å². The number of carbonyl (C=O) groups excluding carboxylic acids is 1. The smallest absolute Gasteiger partial charge is 0.251 e. The van der Waals surface area contributed by atoms with Crippen molar-refractivity contribution in [3.05, 3.63) is 29.8 Å². The number of aliphatic hydroxyl groups is 2. The summed E-state index contributed by atoms with van der Waals surface area (Å²) >= 11 is 6.03. The molecule has 4 heterocycles. The SMILES string of the molecule is CNC(=O)C1OC(n2cnc3c(NC)nc(-c4cncc(Cl)c4)nc32)C(O)C1O. The fourth-order valence-electron chi connectivity index (χ4n) is 3.19. The zero-order valence-corrected chi connectivity index (χ0v) is 16.2. The Morgan fingerprint density at radius 3 is 2.72 bits per heavy atom. The minimum atomic E-state index is -1.40. The number of pyridine rings is 1. The first-order valence-electron chi connectivity index (χ1n) is 8.71. The van der Waals surface area contributed by atoms with Crippen LogP contribution in [-0.2, 0) is 9.53 Å². The Balaban J connectivity index is 1.82. The van der Waals surface area contributed by atoms with E-state index in [-0.39, 0.29) is 0 Å². The number of fused-ring (bicyclic) bond motifs is 1. The molecule has 0 aromatic carbocycles. The Hall–Kier alpha value is -2.86. The Kier molecular flexibility index (Phi) is 5.04. The number of hydrogen-bond acceptors (Lipinski definition) is 9. The number of amides is 1. The zero-order chi connectivity index (χ0) is 20.7. The van der Waals surface area contributed by atoms with Gasteiger partial charge in [0.15, 0.2) is 35.1 Å². The molecule has 1 aliphatic heterocycles. The molecule has 12 heteroatoms. The number of likely N-dealkylation sites (N-methyl/N-ethyl adjacent to an activating group) is 1. The number of imidazole rings is 1. The monoisotopic (exact) mass is 419 g/mol. The van der Waals surface area contributed by atoms with E-state index in [0.717, 1.165) is 0 Å². The Bertz CT molecular complexity index is 1080. The standard InChI is InChI=1S/C17H18ClN7O4/c1-19-14-9-15(24-13(23-14)7-3-8(18)5-21-4-7)25(6-22-9)17-11(27)10(26)12(29-17)16(28)20-2/h3-6,10-12,17,26-27H,1-2H3,(H,20,28)(H,19,23,24). The van der Waals surface area contributed by atoms with Crippen molar-refractivity contribution < 1.29 is 19.7 Å². The van der Waals surface area contributed by atoms with Crippen LogP contribution >= 0.6 is 11.6 Å². The van der Waals surface area contributed by atoms with Crippen LogP contribution in [0.15, 0.2) is 24.8 Å². The molecule has 3 aromatic heterocycles. The summed E-state index contributed by atoms with van der Waals surface area (Å²) < 4.78 is 7.08. The van der Waals surface area contributed by atoms with Crippen LogP contribution in [0.2, 0.25) is 5.02 Å². The molecule has 0 radical (unpaired) electrons. The molecule has 1 saturated heterocycles. The normalized spacial score (nSPS) is 24.0. The zero-order valence-electron chi connectivity index (χ0n) is 15.4. The van der Waals surface area contributed by atoms with Gasteiger partial charge in [-0.3, -0.25) is 14.3 Å². The van der Waals surface area contributed by atoms with E-state index in [9.17, 15) is 15.0 Å². The molecule has 11 nitrogen and oxygen atoms in total. The first kappa shape index (κ1) is 19.5. The number of nitrogens with one attached hydrogen (secondary N) is 2. The van der Waals surface area contributed by atoms with Crippen molar-refractivity contribution in [2.24, 2.45) is 0 Å². The summed E-state index contributed by atoms with van der Waals surface area (Å²) in [4.78, 5) is 29.3. The quantitative estimate of drug-likeness (QED) is 0.456. The van der Waals surface area contributed by atoms with Gasteiger partial charge < -0.3 is 25.6 Å². The van der Waals surface area contributed by atoms with E-state index in [1.54, 1.807) is 19.3 Å². The molecule has 4 N–H and O–H groups in total. The van der Waals surface area contributed by atoms with Crippen LogP contribution in [0.25, 0.3) is 22.6 Å². The molecule has 152 valence electrons. The van der Waals surface area contributed by atoms with Gasteiger partial charge in [-0.1, -0.05) is 11.6 Å². The summed E-state index contributed by atoms with van der Waals surface area (Å²) in [6.45, 7) is 0.